The van der Waals surface area contributed by atoms with E-state index >= 15 is 0 Å². The number of ether oxygens (including phenoxy) is 1. The molecule has 1 fully saturated rings. The molecule has 3 aromatic rings. The van der Waals surface area contributed by atoms with E-state index in [-0.39, 0.29) is 12.0 Å². The maximum atomic E-state index is 12.5. The molecule has 168 valence electrons. The smallest absolute Gasteiger partial charge is 0.251 e. The van der Waals surface area contributed by atoms with Crippen LogP contribution >= 0.6 is 0 Å². The van der Waals surface area contributed by atoms with Crippen LogP contribution < -0.4 is 10.1 Å². The fourth-order valence-corrected chi connectivity index (χ4v) is 4.06. The van der Waals surface area contributed by atoms with Gasteiger partial charge in [-0.2, -0.15) is 5.10 Å². The molecule has 0 atom stereocenters. The van der Waals surface area contributed by atoms with E-state index in [1.807, 2.05) is 38.2 Å². The van der Waals surface area contributed by atoms with Crippen LogP contribution in [-0.2, 0) is 20.0 Å². The van der Waals surface area contributed by atoms with Crippen molar-refractivity contribution in [3.63, 3.8) is 0 Å². The fraction of sp³-hybridized carbons (Fsp3) is 0.385. The number of hydrogen-bond donors (Lipinski definition) is 1. The molecule has 0 spiro atoms. The largest absolute Gasteiger partial charge is 0.490 e. The lowest BCUT2D eigenvalue weighted by Gasteiger charge is -2.32. The summed E-state index contributed by atoms with van der Waals surface area (Å²) >= 11 is 0. The Bertz CT molecular complexity index is 1010. The highest BCUT2D eigenvalue weighted by molar-refractivity contribution is 5.94. The van der Waals surface area contributed by atoms with Crippen molar-refractivity contribution in [2.45, 2.75) is 38.8 Å². The lowest BCUT2D eigenvalue weighted by atomic mass is 10.1. The van der Waals surface area contributed by atoms with Gasteiger partial charge in [0.25, 0.3) is 5.91 Å². The Labute approximate surface area is 190 Å². The number of carbonyl (C=O) groups excluding carboxylic acids is 1. The third kappa shape index (κ3) is 5.77. The maximum Gasteiger partial charge on any atom is 0.251 e. The van der Waals surface area contributed by atoms with Gasteiger partial charge in [-0.25, -0.2) is 0 Å². The van der Waals surface area contributed by atoms with E-state index in [2.05, 4.69) is 45.6 Å². The van der Waals surface area contributed by atoms with E-state index in [4.69, 9.17) is 4.74 Å². The normalized spacial score (nSPS) is 14.9. The predicted molar refractivity (Wildman–Crippen MR) is 126 cm³/mol. The van der Waals surface area contributed by atoms with Gasteiger partial charge in [-0.05, 0) is 56.0 Å². The molecule has 1 aliphatic rings. The number of benzene rings is 2. The van der Waals surface area contributed by atoms with Crippen LogP contribution in [0.15, 0.2) is 60.8 Å². The van der Waals surface area contributed by atoms with Crippen LogP contribution in [0.3, 0.4) is 0 Å². The molecule has 0 unspecified atom stereocenters. The van der Waals surface area contributed by atoms with Crippen LogP contribution in [0.2, 0.25) is 0 Å². The van der Waals surface area contributed by atoms with Gasteiger partial charge in [0.15, 0.2) is 0 Å². The molecule has 0 bridgehead atoms. The van der Waals surface area contributed by atoms with Gasteiger partial charge >= 0.3 is 0 Å². The number of rotatable bonds is 8. The summed E-state index contributed by atoms with van der Waals surface area (Å²) in [7, 11) is 1.90. The third-order valence-electron chi connectivity index (χ3n) is 6.29. The molecule has 32 heavy (non-hydrogen) atoms. The lowest BCUT2D eigenvalue weighted by molar-refractivity contribution is 0.0950. The topological polar surface area (TPSA) is 59.4 Å². The van der Waals surface area contributed by atoms with Crippen LogP contribution in [0.25, 0.3) is 0 Å². The molecule has 1 amide bonds. The number of amides is 1. The maximum absolute atomic E-state index is 12.5. The monoisotopic (exact) mass is 432 g/mol. The molecule has 1 aromatic heterocycles. The van der Waals surface area contributed by atoms with E-state index in [0.717, 1.165) is 55.9 Å². The summed E-state index contributed by atoms with van der Waals surface area (Å²) in [5, 5.41) is 7.17. The van der Waals surface area contributed by atoms with Crippen molar-refractivity contribution < 1.29 is 9.53 Å². The first-order chi connectivity index (χ1) is 15.6. The summed E-state index contributed by atoms with van der Waals surface area (Å²) in [5.74, 6) is 0.735. The summed E-state index contributed by atoms with van der Waals surface area (Å²) in [4.78, 5) is 15.0. The van der Waals surface area contributed by atoms with Gasteiger partial charge in [0.1, 0.15) is 11.9 Å². The molecular weight excluding hydrogens is 400 g/mol. The van der Waals surface area contributed by atoms with Crippen molar-refractivity contribution in [3.05, 3.63) is 83.2 Å². The summed E-state index contributed by atoms with van der Waals surface area (Å²) in [6, 6.07) is 18.1. The number of hydrogen-bond acceptors (Lipinski definition) is 4. The van der Waals surface area contributed by atoms with E-state index in [1.54, 1.807) is 10.9 Å². The Morgan fingerprint density at radius 3 is 2.47 bits per heavy atom. The first-order valence-electron chi connectivity index (χ1n) is 11.4. The van der Waals surface area contributed by atoms with E-state index < -0.39 is 0 Å². The minimum Gasteiger partial charge on any atom is -0.490 e. The fourth-order valence-electron chi connectivity index (χ4n) is 4.06. The molecule has 1 aliphatic heterocycles. The molecule has 0 saturated carbocycles. The number of likely N-dealkylation sites (tertiary alicyclic amines) is 1. The van der Waals surface area contributed by atoms with Crippen LogP contribution in [-0.4, -0.2) is 46.3 Å². The van der Waals surface area contributed by atoms with Gasteiger partial charge in [0.2, 0.25) is 0 Å². The first kappa shape index (κ1) is 22.1. The number of carbonyl (C=O) groups is 1. The van der Waals surface area contributed by atoms with Gasteiger partial charge < -0.3 is 15.0 Å². The van der Waals surface area contributed by atoms with Crippen LogP contribution in [0, 0.1) is 6.92 Å². The quantitative estimate of drug-likeness (QED) is 0.589. The SMILES string of the molecule is Cc1c(CNC(=O)c2ccc(OC3CCN(CCc4ccccc4)CC3)cc2)cnn1C. The molecule has 1 saturated heterocycles. The number of aromatic nitrogens is 2. The van der Waals surface area contributed by atoms with Gasteiger partial charge in [0, 0.05) is 50.0 Å². The third-order valence-corrected chi connectivity index (χ3v) is 6.29. The molecule has 6 heteroatoms. The summed E-state index contributed by atoms with van der Waals surface area (Å²) in [6.07, 6.45) is 5.18. The Morgan fingerprint density at radius 1 is 1.09 bits per heavy atom. The lowest BCUT2D eigenvalue weighted by Crippen LogP contribution is -2.39. The van der Waals surface area contributed by atoms with Gasteiger partial charge in [0.05, 0.1) is 6.20 Å². The Morgan fingerprint density at radius 2 is 1.81 bits per heavy atom. The average Bonchev–Trinajstić information content (AvgIpc) is 3.15. The molecule has 2 aromatic carbocycles. The Balaban J connectivity index is 1.20. The molecular formula is C26H32N4O2. The minimum atomic E-state index is -0.0912. The Hall–Kier alpha value is -3.12. The zero-order valence-corrected chi connectivity index (χ0v) is 19.0. The van der Waals surface area contributed by atoms with Gasteiger partial charge in [-0.1, -0.05) is 30.3 Å². The standard InChI is InChI=1S/C26H32N4O2/c1-20-23(19-28-29(20)2)18-27-26(31)22-8-10-24(11-9-22)32-25-13-16-30(17-14-25)15-12-21-6-4-3-5-7-21/h3-11,19,25H,12-18H2,1-2H3,(H,27,31). The van der Waals surface area contributed by atoms with Gasteiger partial charge in [-0.15, -0.1) is 0 Å². The van der Waals surface area contributed by atoms with E-state index in [9.17, 15) is 4.79 Å². The van der Waals surface area contributed by atoms with Crippen molar-refractivity contribution in [3.8, 4) is 5.75 Å². The van der Waals surface area contributed by atoms with Crippen molar-refractivity contribution in [2.75, 3.05) is 19.6 Å². The number of nitrogens with one attached hydrogen (secondary N) is 1. The van der Waals surface area contributed by atoms with Crippen molar-refractivity contribution >= 4 is 5.91 Å². The number of piperidine rings is 1. The number of nitrogens with zero attached hydrogens (tertiary/aromatic N) is 3. The molecule has 6 nitrogen and oxygen atoms in total. The van der Waals surface area contributed by atoms with Gasteiger partial charge in [-0.3, -0.25) is 9.48 Å². The second kappa shape index (κ2) is 10.5. The molecule has 0 aliphatic carbocycles. The van der Waals surface area contributed by atoms with Crippen LogP contribution in [0.5, 0.6) is 5.75 Å². The van der Waals surface area contributed by atoms with Crippen molar-refractivity contribution in [1.82, 2.24) is 20.0 Å². The molecule has 4 rings (SSSR count). The van der Waals surface area contributed by atoms with E-state index in [0.29, 0.717) is 12.1 Å². The van der Waals surface area contributed by atoms with E-state index in [1.165, 1.54) is 5.56 Å². The van der Waals surface area contributed by atoms with Crippen molar-refractivity contribution in [1.29, 1.82) is 0 Å². The summed E-state index contributed by atoms with van der Waals surface area (Å²) in [6.45, 7) is 5.69. The average molecular weight is 433 g/mol. The van der Waals surface area contributed by atoms with Crippen LogP contribution in [0.1, 0.15) is 40.0 Å². The zero-order valence-electron chi connectivity index (χ0n) is 19.0. The zero-order chi connectivity index (χ0) is 22.3. The first-order valence-corrected chi connectivity index (χ1v) is 11.4. The predicted octanol–water partition coefficient (Wildman–Crippen LogP) is 3.74. The summed E-state index contributed by atoms with van der Waals surface area (Å²) in [5.41, 5.74) is 4.11. The second-order valence-electron chi connectivity index (χ2n) is 8.48. The summed E-state index contributed by atoms with van der Waals surface area (Å²) < 4.78 is 7.99. The highest BCUT2D eigenvalue weighted by Gasteiger charge is 2.20. The minimum absolute atomic E-state index is 0.0912. The highest BCUT2D eigenvalue weighted by Crippen LogP contribution is 2.20. The highest BCUT2D eigenvalue weighted by atomic mass is 16.5. The second-order valence-corrected chi connectivity index (χ2v) is 8.48. The van der Waals surface area contributed by atoms with Crippen molar-refractivity contribution in [2.24, 2.45) is 7.05 Å². The molecule has 2 heterocycles. The molecule has 1 N–H and O–H groups in total. The van der Waals surface area contributed by atoms with Crippen LogP contribution in [0.4, 0.5) is 0 Å². The molecule has 0 radical (unpaired) electrons. The Kier molecular flexibility index (Phi) is 7.22. The number of aryl methyl sites for hydroxylation is 1.